The highest BCUT2D eigenvalue weighted by atomic mass is 127. The van der Waals surface area contributed by atoms with E-state index in [-0.39, 0.29) is 41.0 Å². The number of furan rings is 1. The standard InChI is InChI=1S/C16H12ClFIN3O4/c17-10-7-20-6-9-13(21-12-2-1-8(19)5-11(12)18)15(26-14(9)10)16(24)22-25-4-3-23/h1-2,5-7,21,23H,3-4H2,(H,22,24). The zero-order chi connectivity index (χ0) is 18.7. The predicted molar refractivity (Wildman–Crippen MR) is 102 cm³/mol. The summed E-state index contributed by atoms with van der Waals surface area (Å²) >= 11 is 8.07. The van der Waals surface area contributed by atoms with Crippen LogP contribution in [0.4, 0.5) is 15.8 Å². The summed E-state index contributed by atoms with van der Waals surface area (Å²) in [5.41, 5.74) is 2.71. The number of fused-ring (bicyclic) bond motifs is 1. The molecule has 3 rings (SSSR count). The Morgan fingerprint density at radius 1 is 1.42 bits per heavy atom. The van der Waals surface area contributed by atoms with Gasteiger partial charge in [0, 0.05) is 16.0 Å². The fourth-order valence-electron chi connectivity index (χ4n) is 2.20. The molecule has 0 saturated heterocycles. The fraction of sp³-hybridized carbons (Fsp3) is 0.125. The summed E-state index contributed by atoms with van der Waals surface area (Å²) in [5, 5.41) is 12.2. The van der Waals surface area contributed by atoms with Gasteiger partial charge in [0.1, 0.15) is 16.5 Å². The second kappa shape index (κ2) is 8.16. The quantitative estimate of drug-likeness (QED) is 0.277. The lowest BCUT2D eigenvalue weighted by Gasteiger charge is -2.09. The van der Waals surface area contributed by atoms with Gasteiger partial charge in [0.2, 0.25) is 5.76 Å². The summed E-state index contributed by atoms with van der Waals surface area (Å²) in [4.78, 5) is 21.1. The summed E-state index contributed by atoms with van der Waals surface area (Å²) in [6, 6.07) is 4.60. The first-order valence-corrected chi connectivity index (χ1v) is 8.78. The molecule has 0 aliphatic carbocycles. The molecule has 0 atom stereocenters. The Morgan fingerprint density at radius 2 is 2.23 bits per heavy atom. The number of amides is 1. The van der Waals surface area contributed by atoms with Gasteiger partial charge in [0.25, 0.3) is 0 Å². The van der Waals surface area contributed by atoms with Crippen molar-refractivity contribution in [2.45, 2.75) is 0 Å². The van der Waals surface area contributed by atoms with E-state index in [1.54, 1.807) is 6.07 Å². The Morgan fingerprint density at radius 3 is 2.96 bits per heavy atom. The van der Waals surface area contributed by atoms with Crippen LogP contribution in [0.1, 0.15) is 10.6 Å². The normalized spacial score (nSPS) is 10.9. The first-order valence-electron chi connectivity index (χ1n) is 7.32. The highest BCUT2D eigenvalue weighted by Crippen LogP contribution is 2.36. The summed E-state index contributed by atoms with van der Waals surface area (Å²) in [5.74, 6) is -1.38. The average Bonchev–Trinajstić information content (AvgIpc) is 2.98. The molecule has 2 heterocycles. The van der Waals surface area contributed by atoms with Gasteiger partial charge in [0.15, 0.2) is 5.58 Å². The number of hydroxylamine groups is 1. The molecule has 2 aromatic heterocycles. The van der Waals surface area contributed by atoms with Gasteiger partial charge in [-0.25, -0.2) is 9.87 Å². The van der Waals surface area contributed by atoms with Crippen LogP contribution in [0.2, 0.25) is 5.02 Å². The van der Waals surface area contributed by atoms with Gasteiger partial charge in [-0.15, -0.1) is 0 Å². The summed E-state index contributed by atoms with van der Waals surface area (Å²) in [6.45, 7) is -0.363. The van der Waals surface area contributed by atoms with Crippen LogP contribution in [0, 0.1) is 9.39 Å². The van der Waals surface area contributed by atoms with E-state index >= 15 is 0 Å². The molecule has 26 heavy (non-hydrogen) atoms. The van der Waals surface area contributed by atoms with Crippen molar-refractivity contribution < 1.29 is 23.5 Å². The number of carbonyl (C=O) groups excluding carboxylic acids is 1. The minimum absolute atomic E-state index is 0.0945. The monoisotopic (exact) mass is 491 g/mol. The minimum Gasteiger partial charge on any atom is -0.447 e. The Balaban J connectivity index is 2.04. The third-order valence-corrected chi connectivity index (χ3v) is 4.25. The van der Waals surface area contributed by atoms with E-state index in [1.807, 2.05) is 22.6 Å². The van der Waals surface area contributed by atoms with Crippen LogP contribution in [0.15, 0.2) is 35.0 Å². The molecule has 1 amide bonds. The summed E-state index contributed by atoms with van der Waals surface area (Å²) < 4.78 is 20.5. The van der Waals surface area contributed by atoms with Crippen molar-refractivity contribution in [1.82, 2.24) is 10.5 Å². The summed E-state index contributed by atoms with van der Waals surface area (Å²) in [6.07, 6.45) is 2.82. The number of carbonyl (C=O) groups is 1. The number of nitrogens with one attached hydrogen (secondary N) is 2. The smallest absolute Gasteiger partial charge is 0.312 e. The van der Waals surface area contributed by atoms with Gasteiger partial charge in [-0.1, -0.05) is 11.6 Å². The lowest BCUT2D eigenvalue weighted by molar-refractivity contribution is 0.0152. The molecule has 0 spiro atoms. The zero-order valence-electron chi connectivity index (χ0n) is 13.1. The number of halogens is 3. The first-order chi connectivity index (χ1) is 12.5. The van der Waals surface area contributed by atoms with E-state index in [4.69, 9.17) is 26.0 Å². The molecule has 3 aromatic rings. The summed E-state index contributed by atoms with van der Waals surface area (Å²) in [7, 11) is 0. The Hall–Kier alpha value is -1.95. The SMILES string of the molecule is O=C(NOCCO)c1oc2c(Cl)cncc2c1Nc1ccc(I)cc1F. The molecular weight excluding hydrogens is 480 g/mol. The van der Waals surface area contributed by atoms with Crippen LogP contribution < -0.4 is 10.8 Å². The van der Waals surface area contributed by atoms with Crippen molar-refractivity contribution in [1.29, 1.82) is 0 Å². The second-order valence-corrected chi connectivity index (χ2v) is 6.71. The first kappa shape index (κ1) is 18.8. The molecule has 3 N–H and O–H groups in total. The van der Waals surface area contributed by atoms with Crippen molar-refractivity contribution in [3.05, 3.63) is 50.8 Å². The number of hydrogen-bond acceptors (Lipinski definition) is 6. The van der Waals surface area contributed by atoms with Gasteiger partial charge in [-0.3, -0.25) is 14.6 Å². The molecule has 7 nitrogen and oxygen atoms in total. The van der Waals surface area contributed by atoms with Crippen molar-refractivity contribution in [2.75, 3.05) is 18.5 Å². The number of nitrogens with zero attached hydrogens (tertiary/aromatic N) is 1. The maximum atomic E-state index is 14.2. The number of anilines is 2. The zero-order valence-corrected chi connectivity index (χ0v) is 16.0. The molecule has 0 bridgehead atoms. The Kier molecular flexibility index (Phi) is 5.91. The van der Waals surface area contributed by atoms with Crippen molar-refractivity contribution in [2.24, 2.45) is 0 Å². The lowest BCUT2D eigenvalue weighted by atomic mass is 10.2. The third-order valence-electron chi connectivity index (χ3n) is 3.31. The molecule has 10 heteroatoms. The third kappa shape index (κ3) is 3.90. The number of aliphatic hydroxyl groups excluding tert-OH is 1. The molecule has 0 aliphatic heterocycles. The maximum absolute atomic E-state index is 14.2. The Bertz CT molecular complexity index is 966. The van der Waals surface area contributed by atoms with E-state index in [1.165, 1.54) is 24.5 Å². The number of benzene rings is 1. The minimum atomic E-state index is -0.723. The van der Waals surface area contributed by atoms with Gasteiger partial charge < -0.3 is 14.8 Å². The molecule has 0 saturated carbocycles. The predicted octanol–water partition coefficient (Wildman–Crippen LogP) is 3.62. The average molecular weight is 492 g/mol. The number of rotatable bonds is 6. The van der Waals surface area contributed by atoms with Crippen LogP contribution in [0.3, 0.4) is 0 Å². The molecule has 0 aliphatic rings. The fourth-order valence-corrected chi connectivity index (χ4v) is 2.85. The van der Waals surface area contributed by atoms with Gasteiger partial charge in [0.05, 0.1) is 24.3 Å². The van der Waals surface area contributed by atoms with Crippen molar-refractivity contribution in [3.8, 4) is 0 Å². The Labute approximate surface area is 165 Å². The van der Waals surface area contributed by atoms with Crippen LogP contribution in [-0.4, -0.2) is 29.2 Å². The lowest BCUT2D eigenvalue weighted by Crippen LogP contribution is -2.25. The van der Waals surface area contributed by atoms with Crippen LogP contribution in [0.25, 0.3) is 11.0 Å². The number of aromatic nitrogens is 1. The number of hydrogen-bond donors (Lipinski definition) is 3. The van der Waals surface area contributed by atoms with Crippen LogP contribution in [-0.2, 0) is 4.84 Å². The maximum Gasteiger partial charge on any atom is 0.312 e. The van der Waals surface area contributed by atoms with Gasteiger partial charge in [-0.2, -0.15) is 0 Å². The molecule has 0 fully saturated rings. The largest absolute Gasteiger partial charge is 0.447 e. The molecule has 0 unspecified atom stereocenters. The van der Waals surface area contributed by atoms with Crippen LogP contribution in [0.5, 0.6) is 0 Å². The van der Waals surface area contributed by atoms with E-state index in [2.05, 4.69) is 15.8 Å². The molecule has 136 valence electrons. The van der Waals surface area contributed by atoms with Gasteiger partial charge in [-0.05, 0) is 40.8 Å². The second-order valence-electron chi connectivity index (χ2n) is 5.06. The van der Waals surface area contributed by atoms with E-state index in [0.29, 0.717) is 5.39 Å². The molecule has 0 radical (unpaired) electrons. The van der Waals surface area contributed by atoms with E-state index in [0.717, 1.165) is 3.57 Å². The van der Waals surface area contributed by atoms with E-state index < -0.39 is 11.7 Å². The molecular formula is C16H12ClFIN3O4. The molecule has 1 aromatic carbocycles. The number of pyridine rings is 1. The highest BCUT2D eigenvalue weighted by Gasteiger charge is 2.23. The highest BCUT2D eigenvalue weighted by molar-refractivity contribution is 14.1. The number of aliphatic hydroxyl groups is 1. The van der Waals surface area contributed by atoms with Crippen molar-refractivity contribution in [3.63, 3.8) is 0 Å². The topological polar surface area (TPSA) is 96.6 Å². The van der Waals surface area contributed by atoms with Crippen LogP contribution >= 0.6 is 34.2 Å². The van der Waals surface area contributed by atoms with Crippen molar-refractivity contribution >= 4 is 62.4 Å². The van der Waals surface area contributed by atoms with Gasteiger partial charge >= 0.3 is 5.91 Å². The van der Waals surface area contributed by atoms with E-state index in [9.17, 15) is 9.18 Å².